The number of nitrogens with two attached hydrogens (primary N) is 1. The molecular weight excluding hydrogens is 181 g/mol. The monoisotopic (exact) mass is 197 g/mol. The van der Waals surface area contributed by atoms with Gasteiger partial charge in [-0.1, -0.05) is 0 Å². The van der Waals surface area contributed by atoms with Crippen molar-refractivity contribution in [3.8, 4) is 5.75 Å². The first kappa shape index (κ1) is 11.0. The zero-order valence-electron chi connectivity index (χ0n) is 8.64. The summed E-state index contributed by atoms with van der Waals surface area (Å²) >= 11 is 0. The van der Waals surface area contributed by atoms with Gasteiger partial charge in [0, 0.05) is 0 Å². The highest BCUT2D eigenvalue weighted by Crippen LogP contribution is 2.24. The molecule has 0 spiro atoms. The maximum atomic E-state index is 13.4. The van der Waals surface area contributed by atoms with Crippen LogP contribution in [0.3, 0.4) is 0 Å². The molecule has 3 heteroatoms. The molecule has 0 aromatic heterocycles. The summed E-state index contributed by atoms with van der Waals surface area (Å²) in [6, 6.07) is 3.09. The van der Waals surface area contributed by atoms with Crippen LogP contribution in [0, 0.1) is 12.7 Å². The highest BCUT2D eigenvalue weighted by Gasteiger charge is 2.09. The molecule has 14 heavy (non-hydrogen) atoms. The summed E-state index contributed by atoms with van der Waals surface area (Å²) in [6.07, 6.45) is 1.47. The molecule has 1 aromatic rings. The van der Waals surface area contributed by atoms with Gasteiger partial charge in [0.1, 0.15) is 11.6 Å². The summed E-state index contributed by atoms with van der Waals surface area (Å²) in [5, 5.41) is 0. The minimum absolute atomic E-state index is 0.170. The molecule has 0 aliphatic heterocycles. The van der Waals surface area contributed by atoms with Gasteiger partial charge in [-0.05, 0) is 49.6 Å². The third kappa shape index (κ3) is 2.23. The lowest BCUT2D eigenvalue weighted by molar-refractivity contribution is 0.409. The van der Waals surface area contributed by atoms with E-state index in [1.54, 1.807) is 13.2 Å². The zero-order valence-corrected chi connectivity index (χ0v) is 8.64. The number of rotatable bonds is 4. The molecule has 0 amide bonds. The van der Waals surface area contributed by atoms with Gasteiger partial charge in [0.15, 0.2) is 0 Å². The fraction of sp³-hybridized carbons (Fsp3) is 0.455. The maximum Gasteiger partial charge on any atom is 0.126 e. The van der Waals surface area contributed by atoms with Gasteiger partial charge in [0.25, 0.3) is 0 Å². The number of halogens is 1. The van der Waals surface area contributed by atoms with E-state index in [0.717, 1.165) is 23.3 Å². The van der Waals surface area contributed by atoms with Crippen molar-refractivity contribution < 1.29 is 9.13 Å². The Morgan fingerprint density at radius 3 is 2.71 bits per heavy atom. The van der Waals surface area contributed by atoms with Gasteiger partial charge >= 0.3 is 0 Å². The van der Waals surface area contributed by atoms with Crippen LogP contribution in [0.15, 0.2) is 12.1 Å². The summed E-state index contributed by atoms with van der Waals surface area (Å²) in [5.41, 5.74) is 6.99. The van der Waals surface area contributed by atoms with Crippen LogP contribution in [-0.2, 0) is 6.42 Å². The predicted molar refractivity (Wildman–Crippen MR) is 55.1 cm³/mol. The van der Waals surface area contributed by atoms with Crippen molar-refractivity contribution in [2.45, 2.75) is 19.8 Å². The normalized spacial score (nSPS) is 10.3. The van der Waals surface area contributed by atoms with Crippen LogP contribution < -0.4 is 10.5 Å². The van der Waals surface area contributed by atoms with Crippen molar-refractivity contribution >= 4 is 0 Å². The Bertz CT molecular complexity index is 312. The molecule has 0 radical (unpaired) electrons. The molecule has 0 bridgehead atoms. The molecular formula is C11H16FNO. The van der Waals surface area contributed by atoms with E-state index in [9.17, 15) is 4.39 Å². The second-order valence-electron chi connectivity index (χ2n) is 3.25. The molecule has 0 fully saturated rings. The minimum Gasteiger partial charge on any atom is -0.496 e. The highest BCUT2D eigenvalue weighted by molar-refractivity contribution is 5.40. The quantitative estimate of drug-likeness (QED) is 0.801. The molecule has 0 saturated carbocycles. The van der Waals surface area contributed by atoms with Crippen molar-refractivity contribution in [1.29, 1.82) is 0 Å². The van der Waals surface area contributed by atoms with E-state index in [4.69, 9.17) is 10.5 Å². The zero-order chi connectivity index (χ0) is 10.6. The lowest BCUT2D eigenvalue weighted by atomic mass is 10.0. The molecule has 1 aromatic carbocycles. The molecule has 0 saturated heterocycles. The van der Waals surface area contributed by atoms with Crippen LogP contribution in [0.25, 0.3) is 0 Å². The number of hydrogen-bond acceptors (Lipinski definition) is 2. The van der Waals surface area contributed by atoms with E-state index in [2.05, 4.69) is 0 Å². The first-order valence-electron chi connectivity index (χ1n) is 4.72. The highest BCUT2D eigenvalue weighted by atomic mass is 19.1. The van der Waals surface area contributed by atoms with Crippen LogP contribution in [-0.4, -0.2) is 13.7 Å². The molecule has 0 aliphatic rings. The van der Waals surface area contributed by atoms with E-state index in [-0.39, 0.29) is 5.82 Å². The summed E-state index contributed by atoms with van der Waals surface area (Å²) in [6.45, 7) is 2.45. The van der Waals surface area contributed by atoms with Crippen LogP contribution in [0.4, 0.5) is 4.39 Å². The predicted octanol–water partition coefficient (Wildman–Crippen LogP) is 2.03. The van der Waals surface area contributed by atoms with Gasteiger partial charge < -0.3 is 10.5 Å². The Hall–Kier alpha value is -1.09. The molecule has 1 rings (SSSR count). The fourth-order valence-electron chi connectivity index (χ4n) is 1.51. The second-order valence-corrected chi connectivity index (χ2v) is 3.25. The molecule has 78 valence electrons. The molecule has 0 unspecified atom stereocenters. The Morgan fingerprint density at radius 1 is 1.43 bits per heavy atom. The van der Waals surface area contributed by atoms with Crippen molar-refractivity contribution in [3.05, 3.63) is 29.1 Å². The third-order valence-corrected chi connectivity index (χ3v) is 2.34. The summed E-state index contributed by atoms with van der Waals surface area (Å²) in [5.74, 6) is 0.565. The molecule has 0 atom stereocenters. The van der Waals surface area contributed by atoms with E-state index in [1.807, 2.05) is 6.92 Å². The van der Waals surface area contributed by atoms with E-state index in [0.29, 0.717) is 13.0 Å². The van der Waals surface area contributed by atoms with Gasteiger partial charge in [0.2, 0.25) is 0 Å². The van der Waals surface area contributed by atoms with Gasteiger partial charge in [-0.3, -0.25) is 0 Å². The van der Waals surface area contributed by atoms with Crippen LogP contribution in [0.2, 0.25) is 0 Å². The van der Waals surface area contributed by atoms with Crippen LogP contribution in [0.5, 0.6) is 5.75 Å². The average molecular weight is 197 g/mol. The molecule has 0 aliphatic carbocycles. The summed E-state index contributed by atoms with van der Waals surface area (Å²) < 4.78 is 18.5. The van der Waals surface area contributed by atoms with Crippen molar-refractivity contribution in [3.63, 3.8) is 0 Å². The van der Waals surface area contributed by atoms with E-state index < -0.39 is 0 Å². The Morgan fingerprint density at radius 2 is 2.14 bits per heavy atom. The maximum absolute atomic E-state index is 13.4. The lowest BCUT2D eigenvalue weighted by Crippen LogP contribution is -2.04. The Kier molecular flexibility index (Phi) is 3.89. The smallest absolute Gasteiger partial charge is 0.126 e. The standard InChI is InChI=1S/C11H16FNO/c1-8-9(4-3-7-13)10(12)5-6-11(8)14-2/h5-6H,3-4,7,13H2,1-2H3. The second kappa shape index (κ2) is 4.96. The SMILES string of the molecule is COc1ccc(F)c(CCCN)c1C. The Labute approximate surface area is 83.9 Å². The van der Waals surface area contributed by atoms with Gasteiger partial charge in [-0.25, -0.2) is 4.39 Å². The largest absolute Gasteiger partial charge is 0.496 e. The molecule has 2 N–H and O–H groups in total. The van der Waals surface area contributed by atoms with E-state index in [1.165, 1.54) is 6.07 Å². The Balaban J connectivity index is 2.99. The van der Waals surface area contributed by atoms with Crippen LogP contribution >= 0.6 is 0 Å². The fourth-order valence-corrected chi connectivity index (χ4v) is 1.51. The topological polar surface area (TPSA) is 35.2 Å². The van der Waals surface area contributed by atoms with Crippen LogP contribution in [0.1, 0.15) is 17.5 Å². The first-order chi connectivity index (χ1) is 6.70. The lowest BCUT2D eigenvalue weighted by Gasteiger charge is -2.10. The van der Waals surface area contributed by atoms with E-state index >= 15 is 0 Å². The average Bonchev–Trinajstić information content (AvgIpc) is 2.18. The first-order valence-corrected chi connectivity index (χ1v) is 4.72. The number of hydrogen-bond donors (Lipinski definition) is 1. The third-order valence-electron chi connectivity index (χ3n) is 2.34. The summed E-state index contributed by atoms with van der Waals surface area (Å²) in [4.78, 5) is 0. The number of methoxy groups -OCH3 is 1. The van der Waals surface area contributed by atoms with Crippen molar-refractivity contribution in [1.82, 2.24) is 0 Å². The van der Waals surface area contributed by atoms with Crippen molar-refractivity contribution in [2.75, 3.05) is 13.7 Å². The van der Waals surface area contributed by atoms with Gasteiger partial charge in [-0.2, -0.15) is 0 Å². The minimum atomic E-state index is -0.170. The van der Waals surface area contributed by atoms with Gasteiger partial charge in [-0.15, -0.1) is 0 Å². The van der Waals surface area contributed by atoms with Crippen molar-refractivity contribution in [2.24, 2.45) is 5.73 Å². The number of ether oxygens (including phenoxy) is 1. The molecule has 2 nitrogen and oxygen atoms in total. The number of benzene rings is 1. The molecule has 0 heterocycles. The summed E-state index contributed by atoms with van der Waals surface area (Å²) in [7, 11) is 1.59. The van der Waals surface area contributed by atoms with Gasteiger partial charge in [0.05, 0.1) is 7.11 Å².